The number of aromatic nitrogens is 1. The predicted octanol–water partition coefficient (Wildman–Crippen LogP) is 5.53. The van der Waals surface area contributed by atoms with Crippen molar-refractivity contribution in [1.82, 2.24) is 4.57 Å². The van der Waals surface area contributed by atoms with Crippen LogP contribution in [0.1, 0.15) is 19.4 Å². The molecule has 0 saturated carbocycles. The molecule has 0 radical (unpaired) electrons. The molecule has 1 amide bonds. The number of rotatable bonds is 5. The molecule has 4 rings (SSSR count). The van der Waals surface area contributed by atoms with Gasteiger partial charge in [0.15, 0.2) is 6.10 Å². The fraction of sp³-hybridized carbons (Fsp3) is 0.208. The van der Waals surface area contributed by atoms with E-state index >= 15 is 0 Å². The maximum atomic E-state index is 12.6. The number of nitrogens with zero attached hydrogens (tertiary/aromatic N) is 1. The molecule has 0 saturated heterocycles. The van der Waals surface area contributed by atoms with Gasteiger partial charge in [0.05, 0.1) is 0 Å². The van der Waals surface area contributed by atoms with Gasteiger partial charge in [0, 0.05) is 34.0 Å². The standard InChI is InChI=1S/C24H24N2O2/c1-4-26-21-11-7-6-10-19(21)20-15-18(13-14-22(20)26)25-24(27)17(3)28-23-12-8-5-9-16(23)2/h5-15,17H,4H2,1-3H3,(H,25,27)/t17-/m0/s1. The third-order valence-electron chi connectivity index (χ3n) is 5.12. The van der Waals surface area contributed by atoms with E-state index in [0.29, 0.717) is 0 Å². The second-order valence-electron chi connectivity index (χ2n) is 7.01. The van der Waals surface area contributed by atoms with Gasteiger partial charge in [-0.25, -0.2) is 0 Å². The van der Waals surface area contributed by atoms with Crippen molar-refractivity contribution in [3.63, 3.8) is 0 Å². The Morgan fingerprint density at radius 1 is 1.00 bits per heavy atom. The van der Waals surface area contributed by atoms with Crippen LogP contribution in [0.5, 0.6) is 5.75 Å². The van der Waals surface area contributed by atoms with Crippen molar-refractivity contribution in [1.29, 1.82) is 0 Å². The van der Waals surface area contributed by atoms with Gasteiger partial charge in [-0.05, 0) is 56.7 Å². The molecule has 4 aromatic rings. The number of hydrogen-bond acceptors (Lipinski definition) is 2. The van der Waals surface area contributed by atoms with Crippen LogP contribution in [0.25, 0.3) is 21.8 Å². The Hall–Kier alpha value is -3.27. The molecule has 0 aliphatic heterocycles. The summed E-state index contributed by atoms with van der Waals surface area (Å²) in [5.41, 5.74) is 4.17. The van der Waals surface area contributed by atoms with E-state index in [9.17, 15) is 4.79 Å². The number of benzene rings is 3. The van der Waals surface area contributed by atoms with Crippen molar-refractivity contribution in [3.8, 4) is 5.75 Å². The number of hydrogen-bond donors (Lipinski definition) is 1. The number of para-hydroxylation sites is 2. The van der Waals surface area contributed by atoms with Crippen molar-refractivity contribution in [2.75, 3.05) is 5.32 Å². The Bertz CT molecular complexity index is 1160. The Labute approximate surface area is 164 Å². The molecule has 28 heavy (non-hydrogen) atoms. The summed E-state index contributed by atoms with van der Waals surface area (Å²) in [5.74, 6) is 0.563. The van der Waals surface area contributed by atoms with E-state index in [2.05, 4.69) is 41.1 Å². The summed E-state index contributed by atoms with van der Waals surface area (Å²) in [5, 5.41) is 5.33. The molecule has 0 fully saturated rings. The number of ether oxygens (including phenoxy) is 1. The predicted molar refractivity (Wildman–Crippen MR) is 115 cm³/mol. The molecular weight excluding hydrogens is 348 g/mol. The summed E-state index contributed by atoms with van der Waals surface area (Å²) < 4.78 is 8.13. The van der Waals surface area contributed by atoms with E-state index in [1.165, 1.54) is 16.4 Å². The topological polar surface area (TPSA) is 43.3 Å². The maximum absolute atomic E-state index is 12.6. The van der Waals surface area contributed by atoms with Gasteiger partial charge in [0.2, 0.25) is 0 Å². The average molecular weight is 372 g/mol. The molecule has 1 atom stereocenters. The molecule has 3 aromatic carbocycles. The molecule has 142 valence electrons. The van der Waals surface area contributed by atoms with Gasteiger partial charge in [-0.2, -0.15) is 0 Å². The van der Waals surface area contributed by atoms with E-state index < -0.39 is 6.10 Å². The van der Waals surface area contributed by atoms with Gasteiger partial charge in [0.1, 0.15) is 5.75 Å². The van der Waals surface area contributed by atoms with E-state index in [4.69, 9.17) is 4.74 Å². The molecule has 1 heterocycles. The summed E-state index contributed by atoms with van der Waals surface area (Å²) >= 11 is 0. The molecule has 0 aliphatic carbocycles. The number of carbonyl (C=O) groups excluding carboxylic acids is 1. The van der Waals surface area contributed by atoms with Crippen molar-refractivity contribution >= 4 is 33.4 Å². The Morgan fingerprint density at radius 2 is 1.71 bits per heavy atom. The maximum Gasteiger partial charge on any atom is 0.265 e. The average Bonchev–Trinajstić information content (AvgIpc) is 3.02. The quantitative estimate of drug-likeness (QED) is 0.501. The van der Waals surface area contributed by atoms with Crippen LogP contribution in [0.15, 0.2) is 66.7 Å². The SMILES string of the molecule is CCn1c2ccccc2c2cc(NC(=O)[C@H](C)Oc3ccccc3C)ccc21. The van der Waals surface area contributed by atoms with Crippen LogP contribution in [-0.2, 0) is 11.3 Å². The molecular formula is C24H24N2O2. The van der Waals surface area contributed by atoms with Crippen molar-refractivity contribution in [2.45, 2.75) is 33.4 Å². The molecule has 0 spiro atoms. The van der Waals surface area contributed by atoms with Crippen LogP contribution in [0.4, 0.5) is 5.69 Å². The van der Waals surface area contributed by atoms with E-state index in [-0.39, 0.29) is 5.91 Å². The first-order chi connectivity index (χ1) is 13.6. The summed E-state index contributed by atoms with van der Waals surface area (Å²) in [6.07, 6.45) is -0.589. The van der Waals surface area contributed by atoms with Crippen molar-refractivity contribution in [2.24, 2.45) is 0 Å². The molecule has 4 nitrogen and oxygen atoms in total. The molecule has 1 aromatic heterocycles. The number of aryl methyl sites for hydroxylation is 2. The summed E-state index contributed by atoms with van der Waals surface area (Å²) in [7, 11) is 0. The Balaban J connectivity index is 1.60. The third-order valence-corrected chi connectivity index (χ3v) is 5.12. The highest BCUT2D eigenvalue weighted by molar-refractivity contribution is 6.10. The molecule has 4 heteroatoms. The number of anilines is 1. The summed E-state index contributed by atoms with van der Waals surface area (Å²) in [6, 6.07) is 22.1. The summed E-state index contributed by atoms with van der Waals surface area (Å²) in [6.45, 7) is 6.78. The zero-order valence-electron chi connectivity index (χ0n) is 16.4. The molecule has 0 aliphatic rings. The van der Waals surface area contributed by atoms with Gasteiger partial charge in [0.25, 0.3) is 5.91 Å². The first-order valence-electron chi connectivity index (χ1n) is 9.62. The summed E-state index contributed by atoms with van der Waals surface area (Å²) in [4.78, 5) is 12.6. The zero-order chi connectivity index (χ0) is 19.7. The molecule has 0 bridgehead atoms. The number of fused-ring (bicyclic) bond motifs is 3. The van der Waals surface area contributed by atoms with Crippen LogP contribution >= 0.6 is 0 Å². The van der Waals surface area contributed by atoms with Crippen molar-refractivity contribution in [3.05, 3.63) is 72.3 Å². The van der Waals surface area contributed by atoms with Gasteiger partial charge in [-0.1, -0.05) is 36.4 Å². The van der Waals surface area contributed by atoms with E-state index in [0.717, 1.165) is 28.9 Å². The highest BCUT2D eigenvalue weighted by Crippen LogP contribution is 2.31. The Kier molecular flexibility index (Phi) is 4.78. The smallest absolute Gasteiger partial charge is 0.265 e. The monoisotopic (exact) mass is 372 g/mol. The van der Waals surface area contributed by atoms with Crippen LogP contribution < -0.4 is 10.1 Å². The highest BCUT2D eigenvalue weighted by atomic mass is 16.5. The van der Waals surface area contributed by atoms with Gasteiger partial charge in [-0.3, -0.25) is 4.79 Å². The number of carbonyl (C=O) groups is 1. The zero-order valence-corrected chi connectivity index (χ0v) is 16.4. The van der Waals surface area contributed by atoms with E-state index in [1.807, 2.05) is 49.4 Å². The largest absolute Gasteiger partial charge is 0.481 e. The second-order valence-corrected chi connectivity index (χ2v) is 7.01. The van der Waals surface area contributed by atoms with E-state index in [1.54, 1.807) is 6.92 Å². The Morgan fingerprint density at radius 3 is 2.50 bits per heavy atom. The fourth-order valence-corrected chi connectivity index (χ4v) is 3.65. The van der Waals surface area contributed by atoms with Gasteiger partial charge in [-0.15, -0.1) is 0 Å². The second kappa shape index (κ2) is 7.39. The highest BCUT2D eigenvalue weighted by Gasteiger charge is 2.17. The minimum absolute atomic E-state index is 0.165. The van der Waals surface area contributed by atoms with Gasteiger partial charge < -0.3 is 14.6 Å². The minimum atomic E-state index is -0.589. The lowest BCUT2D eigenvalue weighted by molar-refractivity contribution is -0.122. The van der Waals surface area contributed by atoms with Gasteiger partial charge >= 0.3 is 0 Å². The first kappa shape index (κ1) is 18.1. The lowest BCUT2D eigenvalue weighted by Crippen LogP contribution is -2.30. The first-order valence-corrected chi connectivity index (χ1v) is 9.62. The lowest BCUT2D eigenvalue weighted by Gasteiger charge is -2.16. The minimum Gasteiger partial charge on any atom is -0.481 e. The van der Waals surface area contributed by atoms with Crippen LogP contribution in [0.3, 0.4) is 0 Å². The third kappa shape index (κ3) is 3.22. The molecule has 1 N–H and O–H groups in total. The normalized spacial score (nSPS) is 12.2. The van der Waals surface area contributed by atoms with Crippen LogP contribution in [-0.4, -0.2) is 16.6 Å². The number of amides is 1. The van der Waals surface area contributed by atoms with Crippen LogP contribution in [0.2, 0.25) is 0 Å². The lowest BCUT2D eigenvalue weighted by atomic mass is 10.1. The van der Waals surface area contributed by atoms with Crippen molar-refractivity contribution < 1.29 is 9.53 Å². The molecule has 0 unspecified atom stereocenters. The fourth-order valence-electron chi connectivity index (χ4n) is 3.65. The number of nitrogens with one attached hydrogen (secondary N) is 1. The van der Waals surface area contributed by atoms with Crippen LogP contribution in [0, 0.1) is 6.92 Å².